The molecule has 1 fully saturated rings. The van der Waals surface area contributed by atoms with E-state index in [1.807, 2.05) is 35.2 Å². The molecule has 3 nitrogen and oxygen atoms in total. The van der Waals surface area contributed by atoms with E-state index in [9.17, 15) is 4.79 Å². The van der Waals surface area contributed by atoms with Gasteiger partial charge >= 0.3 is 0 Å². The molecule has 1 amide bonds. The van der Waals surface area contributed by atoms with E-state index >= 15 is 0 Å². The van der Waals surface area contributed by atoms with Crippen LogP contribution in [-0.2, 0) is 10.5 Å². The van der Waals surface area contributed by atoms with Crippen LogP contribution in [0.3, 0.4) is 0 Å². The van der Waals surface area contributed by atoms with Crippen LogP contribution in [0.1, 0.15) is 12.0 Å². The SMILES string of the molecule is O=C(CCSCc1ccc(Cl)cc1)N1CCN(c2ccccc2)CC1. The quantitative estimate of drug-likeness (QED) is 0.704. The van der Waals surface area contributed by atoms with Crippen LogP contribution in [0.2, 0.25) is 5.02 Å². The zero-order valence-electron chi connectivity index (χ0n) is 14.2. The number of halogens is 1. The number of thioether (sulfide) groups is 1. The number of hydrogen-bond acceptors (Lipinski definition) is 3. The van der Waals surface area contributed by atoms with Gasteiger partial charge in [0.15, 0.2) is 0 Å². The summed E-state index contributed by atoms with van der Waals surface area (Å²) in [6, 6.07) is 18.3. The predicted molar refractivity (Wildman–Crippen MR) is 107 cm³/mol. The fraction of sp³-hybridized carbons (Fsp3) is 0.350. The lowest BCUT2D eigenvalue weighted by Crippen LogP contribution is -2.48. The van der Waals surface area contributed by atoms with E-state index in [0.717, 1.165) is 42.7 Å². The monoisotopic (exact) mass is 374 g/mol. The molecule has 0 aliphatic carbocycles. The molecule has 0 unspecified atom stereocenters. The molecule has 0 N–H and O–H groups in total. The number of hydrogen-bond donors (Lipinski definition) is 0. The summed E-state index contributed by atoms with van der Waals surface area (Å²) in [5.41, 5.74) is 2.49. The van der Waals surface area contributed by atoms with Crippen molar-refractivity contribution in [3.05, 3.63) is 65.2 Å². The summed E-state index contributed by atoms with van der Waals surface area (Å²) in [4.78, 5) is 16.7. The summed E-state index contributed by atoms with van der Waals surface area (Å²) in [6.45, 7) is 3.45. The minimum Gasteiger partial charge on any atom is -0.368 e. The Morgan fingerprint density at radius 3 is 2.32 bits per heavy atom. The van der Waals surface area contributed by atoms with Crippen molar-refractivity contribution in [2.24, 2.45) is 0 Å². The van der Waals surface area contributed by atoms with Gasteiger partial charge in [-0.25, -0.2) is 0 Å². The molecule has 5 heteroatoms. The molecule has 0 saturated carbocycles. The number of rotatable bonds is 6. The number of amides is 1. The maximum atomic E-state index is 12.4. The van der Waals surface area contributed by atoms with Crippen LogP contribution in [-0.4, -0.2) is 42.7 Å². The first-order valence-electron chi connectivity index (χ1n) is 8.62. The highest BCUT2D eigenvalue weighted by Gasteiger charge is 2.20. The Hall–Kier alpha value is -1.65. The van der Waals surface area contributed by atoms with Gasteiger partial charge in [-0.15, -0.1) is 0 Å². The Morgan fingerprint density at radius 1 is 0.960 bits per heavy atom. The van der Waals surface area contributed by atoms with E-state index in [1.165, 1.54) is 11.3 Å². The van der Waals surface area contributed by atoms with Gasteiger partial charge in [-0.1, -0.05) is 41.9 Å². The molecule has 2 aromatic carbocycles. The lowest BCUT2D eigenvalue weighted by molar-refractivity contribution is -0.131. The standard InChI is InChI=1S/C20H23ClN2OS/c21-18-8-6-17(7-9-18)16-25-15-10-20(24)23-13-11-22(12-14-23)19-4-2-1-3-5-19/h1-9H,10-16H2. The normalized spacial score (nSPS) is 14.6. The van der Waals surface area contributed by atoms with E-state index in [2.05, 4.69) is 29.2 Å². The molecule has 132 valence electrons. The van der Waals surface area contributed by atoms with Gasteiger partial charge in [-0.2, -0.15) is 11.8 Å². The van der Waals surface area contributed by atoms with Gasteiger partial charge in [0.25, 0.3) is 0 Å². The first-order chi connectivity index (χ1) is 12.2. The van der Waals surface area contributed by atoms with Crippen molar-refractivity contribution in [2.75, 3.05) is 36.8 Å². The third kappa shape index (κ3) is 5.41. The van der Waals surface area contributed by atoms with E-state index in [4.69, 9.17) is 11.6 Å². The zero-order valence-corrected chi connectivity index (χ0v) is 15.8. The molecule has 1 aliphatic heterocycles. The predicted octanol–water partition coefficient (Wildman–Crippen LogP) is 4.31. The summed E-state index contributed by atoms with van der Waals surface area (Å²) < 4.78 is 0. The van der Waals surface area contributed by atoms with Gasteiger partial charge in [0.2, 0.25) is 5.91 Å². The summed E-state index contributed by atoms with van der Waals surface area (Å²) in [6.07, 6.45) is 0.615. The third-order valence-electron chi connectivity index (χ3n) is 4.40. The topological polar surface area (TPSA) is 23.6 Å². The number of carbonyl (C=O) groups is 1. The smallest absolute Gasteiger partial charge is 0.223 e. The Kier molecular flexibility index (Phi) is 6.65. The molecular formula is C20H23ClN2OS. The van der Waals surface area contributed by atoms with Gasteiger partial charge in [-0.05, 0) is 29.8 Å². The van der Waals surface area contributed by atoms with Crippen molar-refractivity contribution >= 4 is 35.0 Å². The van der Waals surface area contributed by atoms with Crippen LogP contribution in [0.5, 0.6) is 0 Å². The van der Waals surface area contributed by atoms with Crippen LogP contribution in [0.15, 0.2) is 54.6 Å². The zero-order chi connectivity index (χ0) is 17.5. The van der Waals surface area contributed by atoms with Crippen molar-refractivity contribution in [2.45, 2.75) is 12.2 Å². The Balaban J connectivity index is 1.36. The average molecular weight is 375 g/mol. The first kappa shape index (κ1) is 18.2. The second-order valence-electron chi connectivity index (χ2n) is 6.13. The summed E-state index contributed by atoms with van der Waals surface area (Å²) in [5.74, 6) is 2.06. The van der Waals surface area contributed by atoms with Gasteiger partial charge in [0.05, 0.1) is 0 Å². The van der Waals surface area contributed by atoms with Crippen molar-refractivity contribution in [3.8, 4) is 0 Å². The summed E-state index contributed by atoms with van der Waals surface area (Å²) in [5, 5.41) is 0.763. The molecule has 0 aromatic heterocycles. The highest BCUT2D eigenvalue weighted by atomic mass is 35.5. The molecule has 25 heavy (non-hydrogen) atoms. The second-order valence-corrected chi connectivity index (χ2v) is 7.67. The lowest BCUT2D eigenvalue weighted by atomic mass is 10.2. The third-order valence-corrected chi connectivity index (χ3v) is 5.68. The van der Waals surface area contributed by atoms with E-state index in [-0.39, 0.29) is 5.91 Å². The molecule has 0 radical (unpaired) electrons. The van der Waals surface area contributed by atoms with Crippen LogP contribution in [0.4, 0.5) is 5.69 Å². The largest absolute Gasteiger partial charge is 0.368 e. The highest BCUT2D eigenvalue weighted by Crippen LogP contribution is 2.18. The van der Waals surface area contributed by atoms with Gasteiger partial charge in [0, 0.05) is 54.8 Å². The Bertz CT molecular complexity index is 670. The molecule has 1 heterocycles. The number of benzene rings is 2. The lowest BCUT2D eigenvalue weighted by Gasteiger charge is -2.36. The van der Waals surface area contributed by atoms with Gasteiger partial charge in [-0.3, -0.25) is 4.79 Å². The minimum atomic E-state index is 0.274. The van der Waals surface area contributed by atoms with Crippen LogP contribution >= 0.6 is 23.4 Å². The van der Waals surface area contributed by atoms with Crippen molar-refractivity contribution in [1.29, 1.82) is 0 Å². The van der Waals surface area contributed by atoms with Crippen molar-refractivity contribution in [1.82, 2.24) is 4.90 Å². The number of piperazine rings is 1. The fourth-order valence-electron chi connectivity index (χ4n) is 2.94. The molecular weight excluding hydrogens is 352 g/mol. The molecule has 0 atom stereocenters. The number of anilines is 1. The van der Waals surface area contributed by atoms with Crippen LogP contribution < -0.4 is 4.90 Å². The second kappa shape index (κ2) is 9.16. The number of nitrogens with zero attached hydrogens (tertiary/aromatic N) is 2. The summed E-state index contributed by atoms with van der Waals surface area (Å²) >= 11 is 7.69. The van der Waals surface area contributed by atoms with Crippen molar-refractivity contribution < 1.29 is 4.79 Å². The molecule has 0 spiro atoms. The molecule has 0 bridgehead atoms. The Labute approximate surface area is 159 Å². The van der Waals surface area contributed by atoms with Gasteiger partial charge in [0.1, 0.15) is 0 Å². The fourth-order valence-corrected chi connectivity index (χ4v) is 3.96. The van der Waals surface area contributed by atoms with Crippen LogP contribution in [0.25, 0.3) is 0 Å². The molecule has 3 rings (SSSR count). The average Bonchev–Trinajstić information content (AvgIpc) is 2.67. The number of para-hydroxylation sites is 1. The molecule has 1 aliphatic rings. The molecule has 1 saturated heterocycles. The maximum absolute atomic E-state index is 12.4. The minimum absolute atomic E-state index is 0.274. The van der Waals surface area contributed by atoms with Crippen LogP contribution in [0, 0.1) is 0 Å². The maximum Gasteiger partial charge on any atom is 0.223 e. The summed E-state index contributed by atoms with van der Waals surface area (Å²) in [7, 11) is 0. The van der Waals surface area contributed by atoms with Gasteiger partial charge < -0.3 is 9.80 Å². The first-order valence-corrected chi connectivity index (χ1v) is 10.2. The number of carbonyl (C=O) groups excluding carboxylic acids is 1. The van der Waals surface area contributed by atoms with Crippen molar-refractivity contribution in [3.63, 3.8) is 0 Å². The molecule has 2 aromatic rings. The van der Waals surface area contributed by atoms with E-state index in [1.54, 1.807) is 11.8 Å². The highest BCUT2D eigenvalue weighted by molar-refractivity contribution is 7.98. The van der Waals surface area contributed by atoms with E-state index < -0.39 is 0 Å². The Morgan fingerprint density at radius 2 is 1.64 bits per heavy atom. The van der Waals surface area contributed by atoms with E-state index in [0.29, 0.717) is 6.42 Å².